The van der Waals surface area contributed by atoms with Crippen LogP contribution in [0.4, 0.5) is 10.1 Å². The number of nitrogen functional groups attached to an aromatic ring is 1. The number of rotatable bonds is 4. The van der Waals surface area contributed by atoms with Gasteiger partial charge in [-0.25, -0.2) is 4.39 Å². The van der Waals surface area contributed by atoms with Gasteiger partial charge in [-0.05, 0) is 25.1 Å². The molecular formula is C13H18FN3O2. The Kier molecular flexibility index (Phi) is 4.86. The zero-order chi connectivity index (χ0) is 14.6. The molecule has 0 unspecified atom stereocenters. The van der Waals surface area contributed by atoms with E-state index in [4.69, 9.17) is 5.73 Å². The van der Waals surface area contributed by atoms with E-state index in [9.17, 15) is 14.0 Å². The first-order chi connectivity index (χ1) is 8.85. The zero-order valence-electron chi connectivity index (χ0n) is 11.3. The van der Waals surface area contributed by atoms with Gasteiger partial charge in [0, 0.05) is 31.9 Å². The molecule has 5 nitrogen and oxygen atoms in total. The van der Waals surface area contributed by atoms with Crippen LogP contribution in [0.1, 0.15) is 17.3 Å². The summed E-state index contributed by atoms with van der Waals surface area (Å²) >= 11 is 0. The van der Waals surface area contributed by atoms with Crippen molar-refractivity contribution >= 4 is 17.5 Å². The van der Waals surface area contributed by atoms with Gasteiger partial charge in [-0.1, -0.05) is 0 Å². The fourth-order valence-electron chi connectivity index (χ4n) is 1.55. The van der Waals surface area contributed by atoms with E-state index in [1.54, 1.807) is 21.0 Å². The summed E-state index contributed by atoms with van der Waals surface area (Å²) in [5.41, 5.74) is 5.83. The van der Waals surface area contributed by atoms with Gasteiger partial charge in [-0.3, -0.25) is 9.59 Å². The lowest BCUT2D eigenvalue weighted by Gasteiger charge is -2.22. The third kappa shape index (κ3) is 3.94. The van der Waals surface area contributed by atoms with Gasteiger partial charge in [0.1, 0.15) is 5.82 Å². The molecule has 1 aromatic rings. The van der Waals surface area contributed by atoms with Crippen molar-refractivity contribution in [1.29, 1.82) is 0 Å². The number of amides is 2. The standard InChI is InChI=1S/C13H18FN3O2/c1-4-17(8-12(18)16(2)3)13(19)9-5-10(14)7-11(15)6-9/h5-7H,4,8,15H2,1-3H3. The summed E-state index contributed by atoms with van der Waals surface area (Å²) in [6.45, 7) is 2.07. The second-order valence-electron chi connectivity index (χ2n) is 4.38. The minimum absolute atomic E-state index is 0.0429. The Morgan fingerprint density at radius 1 is 1.26 bits per heavy atom. The summed E-state index contributed by atoms with van der Waals surface area (Å²) in [6.07, 6.45) is 0. The molecule has 104 valence electrons. The van der Waals surface area contributed by atoms with Crippen molar-refractivity contribution in [2.45, 2.75) is 6.92 Å². The third-order valence-electron chi connectivity index (χ3n) is 2.66. The predicted molar refractivity (Wildman–Crippen MR) is 71.1 cm³/mol. The van der Waals surface area contributed by atoms with E-state index in [0.29, 0.717) is 6.54 Å². The number of halogens is 1. The fourth-order valence-corrected chi connectivity index (χ4v) is 1.55. The highest BCUT2D eigenvalue weighted by atomic mass is 19.1. The molecule has 0 aromatic heterocycles. The van der Waals surface area contributed by atoms with Gasteiger partial charge < -0.3 is 15.5 Å². The topological polar surface area (TPSA) is 66.6 Å². The monoisotopic (exact) mass is 267 g/mol. The lowest BCUT2D eigenvalue weighted by Crippen LogP contribution is -2.40. The van der Waals surface area contributed by atoms with Crippen LogP contribution >= 0.6 is 0 Å². The van der Waals surface area contributed by atoms with Gasteiger partial charge in [-0.2, -0.15) is 0 Å². The molecule has 0 fully saturated rings. The summed E-state index contributed by atoms with van der Waals surface area (Å²) in [6, 6.07) is 3.65. The highest BCUT2D eigenvalue weighted by molar-refractivity contribution is 5.97. The molecule has 0 aliphatic heterocycles. The summed E-state index contributed by atoms with van der Waals surface area (Å²) in [7, 11) is 3.22. The number of anilines is 1. The first-order valence-electron chi connectivity index (χ1n) is 5.90. The van der Waals surface area contributed by atoms with E-state index in [1.165, 1.54) is 15.9 Å². The lowest BCUT2D eigenvalue weighted by molar-refractivity contribution is -0.129. The second-order valence-corrected chi connectivity index (χ2v) is 4.38. The van der Waals surface area contributed by atoms with Crippen LogP contribution in [0, 0.1) is 5.82 Å². The highest BCUT2D eigenvalue weighted by Gasteiger charge is 2.19. The number of nitrogens with two attached hydrogens (primary N) is 1. The number of hydrogen-bond acceptors (Lipinski definition) is 3. The molecule has 0 saturated heterocycles. The number of carbonyl (C=O) groups is 2. The maximum Gasteiger partial charge on any atom is 0.254 e. The van der Waals surface area contributed by atoms with Crippen LogP contribution in [0.3, 0.4) is 0 Å². The quantitative estimate of drug-likeness (QED) is 0.826. The van der Waals surface area contributed by atoms with Crippen molar-refractivity contribution in [3.05, 3.63) is 29.6 Å². The van der Waals surface area contributed by atoms with Gasteiger partial charge in [0.2, 0.25) is 5.91 Å². The molecule has 0 radical (unpaired) electrons. The van der Waals surface area contributed by atoms with E-state index in [1.807, 2.05) is 0 Å². The summed E-state index contributed by atoms with van der Waals surface area (Å²) in [5, 5.41) is 0. The molecule has 2 amide bonds. The van der Waals surface area contributed by atoms with Crippen LogP contribution < -0.4 is 5.73 Å². The molecule has 6 heteroatoms. The maximum absolute atomic E-state index is 13.2. The van der Waals surface area contributed by atoms with E-state index in [0.717, 1.165) is 12.1 Å². The SMILES string of the molecule is CCN(CC(=O)N(C)C)C(=O)c1cc(N)cc(F)c1. The van der Waals surface area contributed by atoms with E-state index < -0.39 is 11.7 Å². The Balaban J connectivity index is 2.92. The van der Waals surface area contributed by atoms with Crippen molar-refractivity contribution < 1.29 is 14.0 Å². The van der Waals surface area contributed by atoms with E-state index in [2.05, 4.69) is 0 Å². The van der Waals surface area contributed by atoms with Gasteiger partial charge in [0.25, 0.3) is 5.91 Å². The Morgan fingerprint density at radius 3 is 2.37 bits per heavy atom. The number of benzene rings is 1. The third-order valence-corrected chi connectivity index (χ3v) is 2.66. The molecular weight excluding hydrogens is 249 g/mol. The molecule has 0 heterocycles. The smallest absolute Gasteiger partial charge is 0.254 e. The Hall–Kier alpha value is -2.11. The lowest BCUT2D eigenvalue weighted by atomic mass is 10.1. The van der Waals surface area contributed by atoms with Crippen molar-refractivity contribution in [3.63, 3.8) is 0 Å². The number of carbonyl (C=O) groups excluding carboxylic acids is 2. The Morgan fingerprint density at radius 2 is 1.89 bits per heavy atom. The maximum atomic E-state index is 13.2. The van der Waals surface area contributed by atoms with Crippen LogP contribution in [0.15, 0.2) is 18.2 Å². The van der Waals surface area contributed by atoms with Crippen LogP contribution in [0.2, 0.25) is 0 Å². The summed E-state index contributed by atoms with van der Waals surface area (Å²) in [4.78, 5) is 26.5. The van der Waals surface area contributed by atoms with Crippen LogP contribution in [-0.2, 0) is 4.79 Å². The number of hydrogen-bond donors (Lipinski definition) is 1. The molecule has 0 spiro atoms. The average Bonchev–Trinajstić information content (AvgIpc) is 2.33. The zero-order valence-corrected chi connectivity index (χ0v) is 11.3. The molecule has 2 N–H and O–H groups in total. The molecule has 0 saturated carbocycles. The minimum Gasteiger partial charge on any atom is -0.399 e. The van der Waals surface area contributed by atoms with E-state index >= 15 is 0 Å². The van der Waals surface area contributed by atoms with Gasteiger partial charge in [0.15, 0.2) is 0 Å². The van der Waals surface area contributed by atoms with Gasteiger partial charge in [-0.15, -0.1) is 0 Å². The number of likely N-dealkylation sites (N-methyl/N-ethyl adjacent to an activating group) is 2. The first kappa shape index (κ1) is 14.9. The fraction of sp³-hybridized carbons (Fsp3) is 0.385. The molecule has 1 aromatic carbocycles. The molecule has 19 heavy (non-hydrogen) atoms. The van der Waals surface area contributed by atoms with Crippen molar-refractivity contribution in [3.8, 4) is 0 Å². The normalized spacial score (nSPS) is 10.1. The summed E-state index contributed by atoms with van der Waals surface area (Å²) < 4.78 is 13.2. The average molecular weight is 267 g/mol. The summed E-state index contributed by atoms with van der Waals surface area (Å²) in [5.74, 6) is -1.18. The van der Waals surface area contributed by atoms with Crippen molar-refractivity contribution in [2.24, 2.45) is 0 Å². The van der Waals surface area contributed by atoms with Gasteiger partial charge in [0.05, 0.1) is 6.54 Å². The molecule has 0 atom stereocenters. The molecule has 0 aliphatic rings. The molecule has 0 bridgehead atoms. The molecule has 1 rings (SSSR count). The minimum atomic E-state index is -0.571. The van der Waals surface area contributed by atoms with Crippen LogP contribution in [0.5, 0.6) is 0 Å². The van der Waals surface area contributed by atoms with E-state index in [-0.39, 0.29) is 23.7 Å². The Bertz CT molecular complexity index is 469. The number of nitrogens with zero attached hydrogens (tertiary/aromatic N) is 2. The second kappa shape index (κ2) is 6.17. The predicted octanol–water partition coefficient (Wildman–Crippen LogP) is 0.958. The molecule has 0 aliphatic carbocycles. The van der Waals surface area contributed by atoms with Crippen LogP contribution in [0.25, 0.3) is 0 Å². The highest BCUT2D eigenvalue weighted by Crippen LogP contribution is 2.13. The Labute approximate surface area is 111 Å². The largest absolute Gasteiger partial charge is 0.399 e. The van der Waals surface area contributed by atoms with Crippen molar-refractivity contribution in [2.75, 3.05) is 32.9 Å². The van der Waals surface area contributed by atoms with Gasteiger partial charge >= 0.3 is 0 Å². The van der Waals surface area contributed by atoms with Crippen molar-refractivity contribution in [1.82, 2.24) is 9.80 Å². The van der Waals surface area contributed by atoms with Crippen LogP contribution in [-0.4, -0.2) is 48.8 Å². The first-order valence-corrected chi connectivity index (χ1v) is 5.90.